The van der Waals surface area contributed by atoms with Gasteiger partial charge in [0.25, 0.3) is 0 Å². The Morgan fingerprint density at radius 3 is 2.34 bits per heavy atom. The van der Waals surface area contributed by atoms with E-state index < -0.39 is 0 Å². The molecule has 2 aromatic carbocycles. The van der Waals surface area contributed by atoms with E-state index >= 15 is 0 Å². The van der Waals surface area contributed by atoms with Crippen LogP contribution in [0.5, 0.6) is 0 Å². The molecule has 5 nitrogen and oxygen atoms in total. The molecule has 0 unspecified atom stereocenters. The second-order valence-electron chi connectivity index (χ2n) is 7.25. The lowest BCUT2D eigenvalue weighted by Gasteiger charge is -2.31. The molecule has 6 heteroatoms. The summed E-state index contributed by atoms with van der Waals surface area (Å²) in [5.41, 5.74) is 2.93. The molecule has 0 bridgehead atoms. The lowest BCUT2D eigenvalue weighted by molar-refractivity contribution is -0.125. The zero-order valence-electron chi connectivity index (χ0n) is 16.1. The molecule has 0 saturated carbocycles. The number of benzene rings is 2. The number of hydrogen-bond donors (Lipinski definition) is 1. The van der Waals surface area contributed by atoms with Crippen LogP contribution in [-0.2, 0) is 11.3 Å². The Labute approximate surface area is 175 Å². The molecule has 0 radical (unpaired) electrons. The van der Waals surface area contributed by atoms with Gasteiger partial charge in [-0.1, -0.05) is 54.1 Å². The molecule has 4 rings (SSSR count). The van der Waals surface area contributed by atoms with Crippen LogP contribution in [0.1, 0.15) is 18.4 Å². The van der Waals surface area contributed by atoms with Crippen molar-refractivity contribution in [1.29, 1.82) is 0 Å². The maximum absolute atomic E-state index is 12.5. The van der Waals surface area contributed by atoms with Gasteiger partial charge in [0.1, 0.15) is 0 Å². The molecule has 1 amide bonds. The monoisotopic (exact) mass is 406 g/mol. The van der Waals surface area contributed by atoms with Gasteiger partial charge in [-0.05, 0) is 42.7 Å². The van der Waals surface area contributed by atoms with E-state index in [9.17, 15) is 4.79 Å². The SMILES string of the molecule is O=C(NCc1ccccc1)C1CCN(c2ccc(-c3ccc(Cl)cc3)nn2)CC1. The standard InChI is InChI=1S/C23H23ClN4O/c24-20-8-6-18(7-9-20)21-10-11-22(27-26-21)28-14-12-19(13-15-28)23(29)25-16-17-4-2-1-3-5-17/h1-11,19H,12-16H2,(H,25,29). The molecule has 148 valence electrons. The quantitative estimate of drug-likeness (QED) is 0.685. The van der Waals surface area contributed by atoms with Crippen LogP contribution in [0.2, 0.25) is 5.02 Å². The Hall–Kier alpha value is -2.92. The van der Waals surface area contributed by atoms with Gasteiger partial charge in [-0.15, -0.1) is 10.2 Å². The summed E-state index contributed by atoms with van der Waals surface area (Å²) in [4.78, 5) is 14.7. The highest BCUT2D eigenvalue weighted by atomic mass is 35.5. The minimum Gasteiger partial charge on any atom is -0.355 e. The van der Waals surface area contributed by atoms with Crippen molar-refractivity contribution in [2.45, 2.75) is 19.4 Å². The molecule has 0 spiro atoms. The summed E-state index contributed by atoms with van der Waals surface area (Å²) in [6.07, 6.45) is 1.64. The van der Waals surface area contributed by atoms with Crippen LogP contribution < -0.4 is 10.2 Å². The number of rotatable bonds is 5. The number of piperidine rings is 1. The molecule has 1 N–H and O–H groups in total. The molecule has 0 aliphatic carbocycles. The van der Waals surface area contributed by atoms with Gasteiger partial charge >= 0.3 is 0 Å². The molecule has 29 heavy (non-hydrogen) atoms. The third-order valence-electron chi connectivity index (χ3n) is 5.29. The number of nitrogens with one attached hydrogen (secondary N) is 1. The molecule has 0 atom stereocenters. The third kappa shape index (κ3) is 4.93. The maximum Gasteiger partial charge on any atom is 0.223 e. The summed E-state index contributed by atoms with van der Waals surface area (Å²) in [5, 5.41) is 12.5. The fraction of sp³-hybridized carbons (Fsp3) is 0.261. The van der Waals surface area contributed by atoms with Crippen LogP contribution in [0.3, 0.4) is 0 Å². The molecule has 2 heterocycles. The van der Waals surface area contributed by atoms with Crippen molar-refractivity contribution in [3.8, 4) is 11.3 Å². The molecular formula is C23H23ClN4O. The summed E-state index contributed by atoms with van der Waals surface area (Å²) in [7, 11) is 0. The van der Waals surface area contributed by atoms with E-state index in [2.05, 4.69) is 20.4 Å². The second kappa shape index (κ2) is 9.05. The van der Waals surface area contributed by atoms with Gasteiger partial charge in [-0.2, -0.15) is 0 Å². The number of aromatic nitrogens is 2. The van der Waals surface area contributed by atoms with E-state index in [0.29, 0.717) is 11.6 Å². The Kier molecular flexibility index (Phi) is 6.06. The number of amides is 1. The van der Waals surface area contributed by atoms with Gasteiger partial charge in [0.15, 0.2) is 5.82 Å². The summed E-state index contributed by atoms with van der Waals surface area (Å²) in [5.74, 6) is 1.04. The molecule has 1 aliphatic rings. The van der Waals surface area contributed by atoms with Gasteiger partial charge in [0.2, 0.25) is 5.91 Å². The van der Waals surface area contributed by atoms with Crippen molar-refractivity contribution >= 4 is 23.3 Å². The largest absolute Gasteiger partial charge is 0.355 e. The van der Waals surface area contributed by atoms with Gasteiger partial charge < -0.3 is 10.2 Å². The predicted octanol–water partition coefficient (Wildman–Crippen LogP) is 4.33. The highest BCUT2D eigenvalue weighted by Crippen LogP contribution is 2.24. The summed E-state index contributed by atoms with van der Waals surface area (Å²) < 4.78 is 0. The minimum absolute atomic E-state index is 0.0521. The van der Waals surface area contributed by atoms with Crippen molar-refractivity contribution < 1.29 is 4.79 Å². The summed E-state index contributed by atoms with van der Waals surface area (Å²) in [6, 6.07) is 21.5. The van der Waals surface area contributed by atoms with Crippen molar-refractivity contribution in [3.63, 3.8) is 0 Å². The number of nitrogens with zero attached hydrogens (tertiary/aromatic N) is 3. The first-order valence-corrected chi connectivity index (χ1v) is 10.2. The van der Waals surface area contributed by atoms with Crippen molar-refractivity contribution in [3.05, 3.63) is 77.3 Å². The van der Waals surface area contributed by atoms with Crippen LogP contribution in [0, 0.1) is 5.92 Å². The number of carbonyl (C=O) groups is 1. The Bertz CT molecular complexity index is 937. The fourth-order valence-electron chi connectivity index (χ4n) is 3.57. The molecule has 1 saturated heterocycles. The van der Waals surface area contributed by atoms with Gasteiger partial charge in [-0.25, -0.2) is 0 Å². The van der Waals surface area contributed by atoms with Crippen LogP contribution in [-0.4, -0.2) is 29.2 Å². The molecule has 1 aromatic heterocycles. The lowest BCUT2D eigenvalue weighted by atomic mass is 9.96. The first-order valence-electron chi connectivity index (χ1n) is 9.85. The summed E-state index contributed by atoms with van der Waals surface area (Å²) >= 11 is 5.94. The second-order valence-corrected chi connectivity index (χ2v) is 7.68. The first-order chi connectivity index (χ1) is 14.2. The van der Waals surface area contributed by atoms with E-state index in [1.54, 1.807) is 0 Å². The fourth-order valence-corrected chi connectivity index (χ4v) is 3.69. The first kappa shape index (κ1) is 19.4. The van der Waals surface area contributed by atoms with E-state index in [0.717, 1.165) is 48.6 Å². The van der Waals surface area contributed by atoms with E-state index in [-0.39, 0.29) is 11.8 Å². The van der Waals surface area contributed by atoms with Crippen LogP contribution in [0.15, 0.2) is 66.7 Å². The van der Waals surface area contributed by atoms with Crippen molar-refractivity contribution in [2.75, 3.05) is 18.0 Å². The predicted molar refractivity (Wildman–Crippen MR) is 116 cm³/mol. The topological polar surface area (TPSA) is 58.1 Å². The average molecular weight is 407 g/mol. The Balaban J connectivity index is 1.30. The zero-order valence-corrected chi connectivity index (χ0v) is 16.8. The Morgan fingerprint density at radius 2 is 1.69 bits per heavy atom. The van der Waals surface area contributed by atoms with Gasteiger partial charge in [-0.3, -0.25) is 4.79 Å². The van der Waals surface area contributed by atoms with Crippen LogP contribution in [0.4, 0.5) is 5.82 Å². The van der Waals surface area contributed by atoms with Crippen molar-refractivity contribution in [1.82, 2.24) is 15.5 Å². The highest BCUT2D eigenvalue weighted by molar-refractivity contribution is 6.30. The molecular weight excluding hydrogens is 384 g/mol. The number of halogens is 1. The number of anilines is 1. The molecule has 1 aliphatic heterocycles. The highest BCUT2D eigenvalue weighted by Gasteiger charge is 2.25. The van der Waals surface area contributed by atoms with Gasteiger partial charge in [0, 0.05) is 36.1 Å². The van der Waals surface area contributed by atoms with Crippen molar-refractivity contribution in [2.24, 2.45) is 5.92 Å². The van der Waals surface area contributed by atoms with Crippen LogP contribution >= 0.6 is 11.6 Å². The van der Waals surface area contributed by atoms with Gasteiger partial charge in [0.05, 0.1) is 5.69 Å². The maximum atomic E-state index is 12.5. The van der Waals surface area contributed by atoms with E-state index in [4.69, 9.17) is 11.6 Å². The molecule has 3 aromatic rings. The average Bonchev–Trinajstić information content (AvgIpc) is 2.79. The normalized spacial score (nSPS) is 14.6. The number of hydrogen-bond acceptors (Lipinski definition) is 4. The smallest absolute Gasteiger partial charge is 0.223 e. The minimum atomic E-state index is 0.0521. The third-order valence-corrected chi connectivity index (χ3v) is 5.54. The van der Waals surface area contributed by atoms with E-state index in [1.165, 1.54) is 0 Å². The van der Waals surface area contributed by atoms with E-state index in [1.807, 2.05) is 66.7 Å². The molecule has 1 fully saturated rings. The van der Waals surface area contributed by atoms with Crippen LogP contribution in [0.25, 0.3) is 11.3 Å². The Morgan fingerprint density at radius 1 is 0.966 bits per heavy atom. The summed E-state index contributed by atoms with van der Waals surface area (Å²) in [6.45, 7) is 2.19. The number of carbonyl (C=O) groups excluding carboxylic acids is 1. The lowest BCUT2D eigenvalue weighted by Crippen LogP contribution is -2.40. The zero-order chi connectivity index (χ0) is 20.1.